The number of carbonyl (C=O) groups is 1. The molecular formula is C9H13NO2S. The molecule has 0 fully saturated rings. The van der Waals surface area contributed by atoms with E-state index in [1.165, 1.54) is 0 Å². The van der Waals surface area contributed by atoms with Crippen LogP contribution in [0.5, 0.6) is 0 Å². The second kappa shape index (κ2) is 4.37. The lowest BCUT2D eigenvalue weighted by molar-refractivity contribution is 0.111. The molecule has 2 atom stereocenters. The first kappa shape index (κ1) is 10.2. The van der Waals surface area contributed by atoms with E-state index in [0.29, 0.717) is 11.4 Å². The van der Waals surface area contributed by atoms with Crippen molar-refractivity contribution in [3.8, 4) is 0 Å². The van der Waals surface area contributed by atoms with E-state index in [1.807, 2.05) is 23.8 Å². The lowest BCUT2D eigenvalue weighted by atomic mass is 10.3. The van der Waals surface area contributed by atoms with Crippen molar-refractivity contribution in [2.24, 2.45) is 0 Å². The van der Waals surface area contributed by atoms with Crippen molar-refractivity contribution in [1.29, 1.82) is 0 Å². The predicted molar refractivity (Wildman–Crippen MR) is 53.5 cm³/mol. The van der Waals surface area contributed by atoms with Crippen molar-refractivity contribution in [3.05, 3.63) is 24.0 Å². The molecular weight excluding hydrogens is 186 g/mol. The summed E-state index contributed by atoms with van der Waals surface area (Å²) in [6.07, 6.45) is 4.32. The predicted octanol–water partition coefficient (Wildman–Crippen LogP) is 1.24. The quantitative estimate of drug-likeness (QED) is 0.684. The third-order valence-electron chi connectivity index (χ3n) is 1.88. The van der Waals surface area contributed by atoms with Crippen LogP contribution >= 0.6 is 0 Å². The molecule has 0 amide bonds. The average molecular weight is 199 g/mol. The smallest absolute Gasteiger partial charge is 0.166 e. The van der Waals surface area contributed by atoms with Gasteiger partial charge in [-0.1, -0.05) is 0 Å². The van der Waals surface area contributed by atoms with Gasteiger partial charge in [-0.25, -0.2) is 0 Å². The summed E-state index contributed by atoms with van der Waals surface area (Å²) in [5.41, 5.74) is 0.637. The van der Waals surface area contributed by atoms with Crippen LogP contribution in [0.4, 0.5) is 0 Å². The Kier molecular flexibility index (Phi) is 3.42. The highest BCUT2D eigenvalue weighted by Crippen LogP contribution is 2.10. The van der Waals surface area contributed by atoms with Crippen LogP contribution in [0.15, 0.2) is 18.3 Å². The normalized spacial score (nSPS) is 15.2. The van der Waals surface area contributed by atoms with E-state index in [0.717, 1.165) is 6.29 Å². The molecule has 0 saturated heterocycles. The van der Waals surface area contributed by atoms with E-state index in [4.69, 9.17) is 0 Å². The molecule has 72 valence electrons. The summed E-state index contributed by atoms with van der Waals surface area (Å²) >= 11 is 0. The van der Waals surface area contributed by atoms with E-state index in [9.17, 15) is 9.00 Å². The summed E-state index contributed by atoms with van der Waals surface area (Å²) in [6, 6.07) is 3.68. The van der Waals surface area contributed by atoms with Crippen LogP contribution in [0.25, 0.3) is 0 Å². The van der Waals surface area contributed by atoms with Gasteiger partial charge in [-0.3, -0.25) is 9.00 Å². The Hall–Kier alpha value is -0.900. The van der Waals surface area contributed by atoms with Crippen molar-refractivity contribution in [2.75, 3.05) is 12.0 Å². The van der Waals surface area contributed by atoms with E-state index in [-0.39, 0.29) is 6.04 Å². The van der Waals surface area contributed by atoms with Gasteiger partial charge in [0, 0.05) is 35.0 Å². The summed E-state index contributed by atoms with van der Waals surface area (Å²) in [6.45, 7) is 1.95. The standard InChI is InChI=1S/C9H13NO2S/c1-8(7-13(2)12)10-5-3-4-9(10)6-11/h3-6,8H,7H2,1-2H3. The van der Waals surface area contributed by atoms with Crippen LogP contribution in [-0.4, -0.2) is 27.1 Å². The molecule has 3 nitrogen and oxygen atoms in total. The maximum absolute atomic E-state index is 11.0. The Labute approximate surface area is 80.2 Å². The zero-order valence-corrected chi connectivity index (χ0v) is 8.58. The lowest BCUT2D eigenvalue weighted by Crippen LogP contribution is -2.13. The van der Waals surface area contributed by atoms with E-state index >= 15 is 0 Å². The number of carbonyl (C=O) groups excluding carboxylic acids is 1. The fourth-order valence-corrected chi connectivity index (χ4v) is 2.17. The Morgan fingerprint density at radius 1 is 1.69 bits per heavy atom. The highest BCUT2D eigenvalue weighted by atomic mass is 32.2. The first-order chi connectivity index (χ1) is 6.15. The topological polar surface area (TPSA) is 39.1 Å². The van der Waals surface area contributed by atoms with Gasteiger partial charge < -0.3 is 4.57 Å². The second-order valence-corrected chi connectivity index (χ2v) is 4.53. The van der Waals surface area contributed by atoms with Crippen LogP contribution in [-0.2, 0) is 10.8 Å². The Balaban J connectivity index is 2.81. The summed E-state index contributed by atoms with van der Waals surface area (Å²) in [5.74, 6) is 0.579. The molecule has 0 aliphatic heterocycles. The first-order valence-electron chi connectivity index (χ1n) is 4.07. The van der Waals surface area contributed by atoms with Gasteiger partial charge >= 0.3 is 0 Å². The van der Waals surface area contributed by atoms with Crippen molar-refractivity contribution < 1.29 is 9.00 Å². The Morgan fingerprint density at radius 3 is 2.92 bits per heavy atom. The number of nitrogens with zero attached hydrogens (tertiary/aromatic N) is 1. The number of aromatic nitrogens is 1. The molecule has 1 aromatic rings. The molecule has 2 unspecified atom stereocenters. The van der Waals surface area contributed by atoms with E-state index < -0.39 is 10.8 Å². The molecule has 1 aromatic heterocycles. The molecule has 0 saturated carbocycles. The molecule has 0 radical (unpaired) electrons. The fourth-order valence-electron chi connectivity index (χ4n) is 1.33. The van der Waals surface area contributed by atoms with Gasteiger partial charge in [0.05, 0.1) is 5.69 Å². The van der Waals surface area contributed by atoms with Crippen LogP contribution in [0.1, 0.15) is 23.5 Å². The molecule has 4 heteroatoms. The van der Waals surface area contributed by atoms with Crippen LogP contribution < -0.4 is 0 Å². The number of hydrogen-bond acceptors (Lipinski definition) is 2. The summed E-state index contributed by atoms with van der Waals surface area (Å²) in [5, 5.41) is 0. The average Bonchev–Trinajstić information content (AvgIpc) is 2.49. The fraction of sp³-hybridized carbons (Fsp3) is 0.444. The van der Waals surface area contributed by atoms with E-state index in [2.05, 4.69) is 0 Å². The minimum atomic E-state index is -0.827. The van der Waals surface area contributed by atoms with Crippen molar-refractivity contribution in [3.63, 3.8) is 0 Å². The van der Waals surface area contributed by atoms with Crippen LogP contribution in [0, 0.1) is 0 Å². The molecule has 1 rings (SSSR count). The zero-order valence-electron chi connectivity index (χ0n) is 7.77. The third kappa shape index (κ3) is 2.52. The molecule has 0 N–H and O–H groups in total. The number of aldehydes is 1. The Morgan fingerprint density at radius 2 is 2.38 bits per heavy atom. The molecule has 0 aromatic carbocycles. The minimum Gasteiger partial charge on any atom is -0.342 e. The second-order valence-electron chi connectivity index (χ2n) is 3.05. The number of hydrogen-bond donors (Lipinski definition) is 0. The van der Waals surface area contributed by atoms with Crippen LogP contribution in [0.2, 0.25) is 0 Å². The monoisotopic (exact) mass is 199 g/mol. The maximum Gasteiger partial charge on any atom is 0.166 e. The largest absolute Gasteiger partial charge is 0.342 e. The van der Waals surface area contributed by atoms with Gasteiger partial charge in [0.2, 0.25) is 0 Å². The van der Waals surface area contributed by atoms with Crippen molar-refractivity contribution in [2.45, 2.75) is 13.0 Å². The highest BCUT2D eigenvalue weighted by Gasteiger charge is 2.08. The molecule has 0 spiro atoms. The Bertz CT molecular complexity index is 319. The first-order valence-corrected chi connectivity index (χ1v) is 5.80. The van der Waals surface area contributed by atoms with Gasteiger partial charge in [0.1, 0.15) is 0 Å². The molecule has 13 heavy (non-hydrogen) atoms. The lowest BCUT2D eigenvalue weighted by Gasteiger charge is -2.13. The van der Waals surface area contributed by atoms with Crippen molar-refractivity contribution in [1.82, 2.24) is 4.57 Å². The van der Waals surface area contributed by atoms with Crippen molar-refractivity contribution >= 4 is 17.1 Å². The molecule has 1 heterocycles. The highest BCUT2D eigenvalue weighted by molar-refractivity contribution is 7.84. The zero-order chi connectivity index (χ0) is 9.84. The van der Waals surface area contributed by atoms with Crippen LogP contribution in [0.3, 0.4) is 0 Å². The molecule has 0 aliphatic rings. The summed E-state index contributed by atoms with van der Waals surface area (Å²) in [4.78, 5) is 10.6. The molecule has 0 aliphatic carbocycles. The SMILES string of the molecule is CC(CS(C)=O)n1cccc1C=O. The van der Waals surface area contributed by atoms with Gasteiger partial charge in [0.25, 0.3) is 0 Å². The number of rotatable bonds is 4. The van der Waals surface area contributed by atoms with Gasteiger partial charge in [-0.05, 0) is 19.1 Å². The van der Waals surface area contributed by atoms with E-state index in [1.54, 1.807) is 12.3 Å². The van der Waals surface area contributed by atoms with Gasteiger partial charge in [-0.2, -0.15) is 0 Å². The maximum atomic E-state index is 11.0. The minimum absolute atomic E-state index is 0.112. The summed E-state index contributed by atoms with van der Waals surface area (Å²) < 4.78 is 12.8. The molecule has 0 bridgehead atoms. The van der Waals surface area contributed by atoms with Gasteiger partial charge in [-0.15, -0.1) is 0 Å². The van der Waals surface area contributed by atoms with Gasteiger partial charge in [0.15, 0.2) is 6.29 Å². The third-order valence-corrected chi connectivity index (χ3v) is 2.84. The summed E-state index contributed by atoms with van der Waals surface area (Å²) in [7, 11) is -0.827.